The third-order valence-corrected chi connectivity index (χ3v) is 3.62. The Kier molecular flexibility index (Phi) is 4.13. The molecule has 1 aliphatic rings. The molecule has 1 heterocycles. The van der Waals surface area contributed by atoms with Crippen LogP contribution in [0.3, 0.4) is 0 Å². The Balaban J connectivity index is 2.06. The summed E-state index contributed by atoms with van der Waals surface area (Å²) in [6, 6.07) is 5.67. The van der Waals surface area contributed by atoms with E-state index in [1.165, 1.54) is 24.5 Å². The fraction of sp³-hybridized carbons (Fsp3) is 0.571. The highest BCUT2D eigenvalue weighted by Gasteiger charge is 2.24. The van der Waals surface area contributed by atoms with Crippen LogP contribution in [-0.2, 0) is 6.54 Å². The maximum Gasteiger partial charge on any atom is 0.123 e. The molecule has 1 atom stereocenters. The molecule has 1 saturated heterocycles. The second-order valence-electron chi connectivity index (χ2n) is 4.90. The maximum absolute atomic E-state index is 13.2. The van der Waals surface area contributed by atoms with Crippen molar-refractivity contribution in [3.8, 4) is 0 Å². The molecule has 0 bridgehead atoms. The zero-order valence-electron chi connectivity index (χ0n) is 10.7. The van der Waals surface area contributed by atoms with Crippen LogP contribution < -0.4 is 5.32 Å². The molecular weight excluding hydrogens is 215 g/mol. The Hall–Kier alpha value is -0.930. The summed E-state index contributed by atoms with van der Waals surface area (Å²) in [5.41, 5.74) is 2.30. The molecule has 1 aromatic rings. The highest BCUT2D eigenvalue weighted by atomic mass is 19.1. The van der Waals surface area contributed by atoms with E-state index in [1.54, 1.807) is 6.07 Å². The first-order valence-corrected chi connectivity index (χ1v) is 6.34. The monoisotopic (exact) mass is 236 g/mol. The van der Waals surface area contributed by atoms with Gasteiger partial charge in [-0.1, -0.05) is 6.07 Å². The van der Waals surface area contributed by atoms with Gasteiger partial charge in [0.05, 0.1) is 0 Å². The molecule has 1 N–H and O–H groups in total. The van der Waals surface area contributed by atoms with Crippen LogP contribution in [0.15, 0.2) is 18.2 Å². The van der Waals surface area contributed by atoms with Crippen LogP contribution in [0.4, 0.5) is 4.39 Å². The van der Waals surface area contributed by atoms with Gasteiger partial charge < -0.3 is 5.32 Å². The Morgan fingerprint density at radius 2 is 2.29 bits per heavy atom. The average molecular weight is 236 g/mol. The van der Waals surface area contributed by atoms with Crippen molar-refractivity contribution >= 4 is 0 Å². The van der Waals surface area contributed by atoms with E-state index in [1.807, 2.05) is 13.1 Å². The first kappa shape index (κ1) is 12.5. The minimum atomic E-state index is -0.130. The molecule has 1 unspecified atom stereocenters. The second-order valence-corrected chi connectivity index (χ2v) is 4.90. The molecule has 0 saturated carbocycles. The van der Waals surface area contributed by atoms with Gasteiger partial charge in [-0.15, -0.1) is 0 Å². The minimum absolute atomic E-state index is 0.130. The third kappa shape index (κ3) is 3.05. The summed E-state index contributed by atoms with van der Waals surface area (Å²) in [6.45, 7) is 5.07. The van der Waals surface area contributed by atoms with E-state index in [0.717, 1.165) is 25.2 Å². The molecule has 3 heteroatoms. The Bertz CT molecular complexity index is 378. The summed E-state index contributed by atoms with van der Waals surface area (Å²) >= 11 is 0. The molecule has 0 aromatic heterocycles. The van der Waals surface area contributed by atoms with Crippen LogP contribution in [0.1, 0.15) is 24.0 Å². The lowest BCUT2D eigenvalue weighted by atomic mass is 10.1. The number of hydrogen-bond donors (Lipinski definition) is 1. The fourth-order valence-electron chi connectivity index (χ4n) is 2.60. The van der Waals surface area contributed by atoms with Gasteiger partial charge in [-0.25, -0.2) is 4.39 Å². The predicted molar refractivity (Wildman–Crippen MR) is 68.5 cm³/mol. The zero-order chi connectivity index (χ0) is 12.3. The molecule has 1 fully saturated rings. The van der Waals surface area contributed by atoms with Gasteiger partial charge in [0.15, 0.2) is 0 Å². The number of benzene rings is 1. The summed E-state index contributed by atoms with van der Waals surface area (Å²) in [7, 11) is 1.99. The summed E-state index contributed by atoms with van der Waals surface area (Å²) in [6.07, 6.45) is 2.50. The molecule has 0 radical (unpaired) electrons. The fourth-order valence-corrected chi connectivity index (χ4v) is 2.60. The van der Waals surface area contributed by atoms with Crippen LogP contribution in [-0.4, -0.2) is 31.1 Å². The van der Waals surface area contributed by atoms with E-state index >= 15 is 0 Å². The number of likely N-dealkylation sites (tertiary alicyclic amines) is 1. The highest BCUT2D eigenvalue weighted by Crippen LogP contribution is 2.21. The normalized spacial score (nSPS) is 21.0. The van der Waals surface area contributed by atoms with Gasteiger partial charge in [0, 0.05) is 19.1 Å². The quantitative estimate of drug-likeness (QED) is 0.863. The van der Waals surface area contributed by atoms with Gasteiger partial charge in [0.25, 0.3) is 0 Å². The van der Waals surface area contributed by atoms with Gasteiger partial charge in [0.1, 0.15) is 5.82 Å². The summed E-state index contributed by atoms with van der Waals surface area (Å²) in [5.74, 6) is -0.130. The van der Waals surface area contributed by atoms with E-state index in [0.29, 0.717) is 6.04 Å². The van der Waals surface area contributed by atoms with Gasteiger partial charge in [-0.05, 0) is 56.6 Å². The van der Waals surface area contributed by atoms with Crippen molar-refractivity contribution in [2.75, 3.05) is 20.1 Å². The predicted octanol–water partition coefficient (Wildman–Crippen LogP) is 2.32. The summed E-state index contributed by atoms with van der Waals surface area (Å²) in [4.78, 5) is 2.46. The van der Waals surface area contributed by atoms with E-state index in [-0.39, 0.29) is 5.82 Å². The molecule has 1 aromatic carbocycles. The van der Waals surface area contributed by atoms with Gasteiger partial charge in [-0.2, -0.15) is 0 Å². The van der Waals surface area contributed by atoms with E-state index in [9.17, 15) is 4.39 Å². The van der Waals surface area contributed by atoms with Gasteiger partial charge in [-0.3, -0.25) is 4.90 Å². The minimum Gasteiger partial charge on any atom is -0.318 e. The zero-order valence-corrected chi connectivity index (χ0v) is 10.7. The number of nitrogens with zero attached hydrogens (tertiary/aromatic N) is 1. The standard InChI is InChI=1S/C14H21FN2/c1-11-5-6-13(15)8-12(11)10-17-7-3-4-14(17)9-16-2/h5-6,8,14,16H,3-4,7,9-10H2,1-2H3. The van der Waals surface area contributed by atoms with Crippen LogP contribution in [0.2, 0.25) is 0 Å². The molecule has 94 valence electrons. The molecule has 0 spiro atoms. The number of nitrogens with one attached hydrogen (secondary N) is 1. The van der Waals surface area contributed by atoms with Crippen LogP contribution in [0.25, 0.3) is 0 Å². The van der Waals surface area contributed by atoms with Gasteiger partial charge in [0.2, 0.25) is 0 Å². The van der Waals surface area contributed by atoms with E-state index in [4.69, 9.17) is 0 Å². The Morgan fingerprint density at radius 3 is 3.06 bits per heavy atom. The van der Waals surface area contributed by atoms with Crippen molar-refractivity contribution in [3.63, 3.8) is 0 Å². The van der Waals surface area contributed by atoms with E-state index in [2.05, 4.69) is 17.1 Å². The van der Waals surface area contributed by atoms with Crippen LogP contribution >= 0.6 is 0 Å². The van der Waals surface area contributed by atoms with Crippen molar-refractivity contribution < 1.29 is 4.39 Å². The van der Waals surface area contributed by atoms with Crippen molar-refractivity contribution in [1.29, 1.82) is 0 Å². The molecule has 0 amide bonds. The van der Waals surface area contributed by atoms with Gasteiger partial charge >= 0.3 is 0 Å². The largest absolute Gasteiger partial charge is 0.318 e. The number of halogens is 1. The lowest BCUT2D eigenvalue weighted by Crippen LogP contribution is -2.36. The van der Waals surface area contributed by atoms with Crippen molar-refractivity contribution in [1.82, 2.24) is 10.2 Å². The van der Waals surface area contributed by atoms with Crippen molar-refractivity contribution in [3.05, 3.63) is 35.1 Å². The smallest absolute Gasteiger partial charge is 0.123 e. The lowest BCUT2D eigenvalue weighted by molar-refractivity contribution is 0.241. The Labute approximate surface area is 103 Å². The summed E-state index contributed by atoms with van der Waals surface area (Å²) in [5, 5.41) is 3.24. The average Bonchev–Trinajstić information content (AvgIpc) is 2.72. The highest BCUT2D eigenvalue weighted by molar-refractivity contribution is 5.26. The molecule has 2 nitrogen and oxygen atoms in total. The number of rotatable bonds is 4. The number of hydrogen-bond acceptors (Lipinski definition) is 2. The van der Waals surface area contributed by atoms with Crippen LogP contribution in [0, 0.1) is 12.7 Å². The number of aryl methyl sites for hydroxylation is 1. The summed E-state index contributed by atoms with van der Waals surface area (Å²) < 4.78 is 13.2. The molecule has 1 aliphatic heterocycles. The SMILES string of the molecule is CNCC1CCCN1Cc1cc(F)ccc1C. The number of likely N-dealkylation sites (N-methyl/N-ethyl adjacent to an activating group) is 1. The Morgan fingerprint density at radius 1 is 1.47 bits per heavy atom. The first-order valence-electron chi connectivity index (χ1n) is 6.34. The second kappa shape index (κ2) is 5.61. The van der Waals surface area contributed by atoms with Crippen LogP contribution in [0.5, 0.6) is 0 Å². The molecular formula is C14H21FN2. The third-order valence-electron chi connectivity index (χ3n) is 3.62. The van der Waals surface area contributed by atoms with E-state index < -0.39 is 0 Å². The molecule has 0 aliphatic carbocycles. The first-order chi connectivity index (χ1) is 8.20. The molecule has 17 heavy (non-hydrogen) atoms. The maximum atomic E-state index is 13.2. The van der Waals surface area contributed by atoms with Crippen molar-refractivity contribution in [2.24, 2.45) is 0 Å². The van der Waals surface area contributed by atoms with Crippen molar-refractivity contribution in [2.45, 2.75) is 32.4 Å². The molecule has 2 rings (SSSR count). The lowest BCUT2D eigenvalue weighted by Gasteiger charge is -2.25. The topological polar surface area (TPSA) is 15.3 Å².